The zero-order valence-corrected chi connectivity index (χ0v) is 13.6. The lowest BCUT2D eigenvalue weighted by atomic mass is 10.1. The van der Waals surface area contributed by atoms with Crippen LogP contribution in [0.2, 0.25) is 0 Å². The van der Waals surface area contributed by atoms with Gasteiger partial charge in [-0.3, -0.25) is 4.79 Å². The third-order valence-corrected chi connectivity index (χ3v) is 3.66. The molecule has 0 heterocycles. The molecular formula is C17H17BrO3. The molecule has 0 fully saturated rings. The van der Waals surface area contributed by atoms with Gasteiger partial charge in [-0.2, -0.15) is 0 Å². The predicted molar refractivity (Wildman–Crippen MR) is 85.3 cm³/mol. The summed E-state index contributed by atoms with van der Waals surface area (Å²) in [6.07, 6.45) is 0.0950. The van der Waals surface area contributed by atoms with Crippen LogP contribution in [0, 0.1) is 0 Å². The summed E-state index contributed by atoms with van der Waals surface area (Å²) in [6.45, 7) is 1.98. The van der Waals surface area contributed by atoms with Crippen molar-refractivity contribution in [2.75, 3.05) is 7.11 Å². The molecule has 2 aromatic rings. The first-order valence-electron chi connectivity index (χ1n) is 6.67. The van der Waals surface area contributed by atoms with Crippen LogP contribution in [0.4, 0.5) is 0 Å². The molecule has 21 heavy (non-hydrogen) atoms. The second-order valence-electron chi connectivity index (χ2n) is 4.68. The van der Waals surface area contributed by atoms with E-state index in [0.717, 1.165) is 15.6 Å². The second-order valence-corrected chi connectivity index (χ2v) is 5.59. The highest BCUT2D eigenvalue weighted by Gasteiger charge is 2.13. The Morgan fingerprint density at radius 2 is 1.90 bits per heavy atom. The Labute approximate surface area is 133 Å². The van der Waals surface area contributed by atoms with Crippen LogP contribution >= 0.6 is 15.9 Å². The van der Waals surface area contributed by atoms with Crippen LogP contribution in [-0.4, -0.2) is 13.1 Å². The average molecular weight is 349 g/mol. The quantitative estimate of drug-likeness (QED) is 0.755. The summed E-state index contributed by atoms with van der Waals surface area (Å²) in [5.74, 6) is 0.403. The predicted octanol–water partition coefficient (Wildman–Crippen LogP) is 4.30. The van der Waals surface area contributed by atoms with E-state index in [0.29, 0.717) is 5.75 Å². The first-order chi connectivity index (χ1) is 10.1. The summed E-state index contributed by atoms with van der Waals surface area (Å²) in [7, 11) is 1.38. The Balaban J connectivity index is 2.22. The van der Waals surface area contributed by atoms with Crippen LogP contribution in [0.1, 0.15) is 24.2 Å². The molecule has 0 radical (unpaired) electrons. The van der Waals surface area contributed by atoms with Gasteiger partial charge < -0.3 is 9.47 Å². The molecule has 0 aromatic heterocycles. The lowest BCUT2D eigenvalue weighted by Gasteiger charge is -2.18. The number of ether oxygens (including phenoxy) is 2. The van der Waals surface area contributed by atoms with Crippen molar-refractivity contribution in [3.05, 3.63) is 64.1 Å². The molecule has 0 saturated heterocycles. The summed E-state index contributed by atoms with van der Waals surface area (Å²) in [5, 5.41) is 0. The lowest BCUT2D eigenvalue weighted by Crippen LogP contribution is -2.09. The number of carbonyl (C=O) groups is 1. The Kier molecular flexibility index (Phi) is 5.39. The second kappa shape index (κ2) is 7.27. The lowest BCUT2D eigenvalue weighted by molar-refractivity contribution is -0.139. The zero-order chi connectivity index (χ0) is 15.2. The van der Waals surface area contributed by atoms with E-state index >= 15 is 0 Å². The number of methoxy groups -OCH3 is 1. The summed E-state index contributed by atoms with van der Waals surface area (Å²) < 4.78 is 11.7. The van der Waals surface area contributed by atoms with Gasteiger partial charge in [-0.15, -0.1) is 0 Å². The molecule has 0 amide bonds. The number of hydrogen-bond acceptors (Lipinski definition) is 3. The van der Waals surface area contributed by atoms with Crippen LogP contribution in [0.5, 0.6) is 5.75 Å². The summed E-state index contributed by atoms with van der Waals surface area (Å²) in [5.41, 5.74) is 1.90. The van der Waals surface area contributed by atoms with Gasteiger partial charge in [0.05, 0.1) is 13.5 Å². The van der Waals surface area contributed by atoms with Crippen molar-refractivity contribution < 1.29 is 14.3 Å². The summed E-state index contributed by atoms with van der Waals surface area (Å²) in [6, 6.07) is 15.6. The van der Waals surface area contributed by atoms with E-state index in [-0.39, 0.29) is 18.5 Å². The van der Waals surface area contributed by atoms with Crippen LogP contribution < -0.4 is 4.74 Å². The fourth-order valence-corrected chi connectivity index (χ4v) is 2.33. The third kappa shape index (κ3) is 4.33. The van der Waals surface area contributed by atoms with E-state index < -0.39 is 0 Å². The highest BCUT2D eigenvalue weighted by Crippen LogP contribution is 2.29. The number of benzene rings is 2. The molecule has 1 atom stereocenters. The molecule has 110 valence electrons. The molecule has 2 rings (SSSR count). The molecule has 0 spiro atoms. The van der Waals surface area contributed by atoms with E-state index in [4.69, 9.17) is 9.47 Å². The molecule has 0 N–H and O–H groups in total. The normalized spacial score (nSPS) is 11.8. The molecule has 3 nitrogen and oxygen atoms in total. The molecule has 4 heteroatoms. The largest absolute Gasteiger partial charge is 0.486 e. The van der Waals surface area contributed by atoms with Gasteiger partial charge in [0, 0.05) is 10.0 Å². The topological polar surface area (TPSA) is 35.5 Å². The Hall–Kier alpha value is -1.81. The van der Waals surface area contributed by atoms with Crippen molar-refractivity contribution in [1.82, 2.24) is 0 Å². The Morgan fingerprint density at radius 3 is 2.57 bits per heavy atom. The first-order valence-corrected chi connectivity index (χ1v) is 7.46. The van der Waals surface area contributed by atoms with Gasteiger partial charge in [-0.1, -0.05) is 52.3 Å². The number of hydrogen-bond donors (Lipinski definition) is 0. The minimum atomic E-state index is -0.283. The first kappa shape index (κ1) is 15.6. The van der Waals surface area contributed by atoms with E-state index in [1.807, 2.05) is 55.5 Å². The third-order valence-electron chi connectivity index (χ3n) is 3.16. The monoisotopic (exact) mass is 348 g/mol. The van der Waals surface area contributed by atoms with Crippen molar-refractivity contribution in [1.29, 1.82) is 0 Å². The Bertz CT molecular complexity index is 611. The minimum Gasteiger partial charge on any atom is -0.486 e. The molecule has 0 aliphatic rings. The molecule has 0 unspecified atom stereocenters. The van der Waals surface area contributed by atoms with Crippen molar-refractivity contribution in [3.63, 3.8) is 0 Å². The average Bonchev–Trinajstić information content (AvgIpc) is 2.50. The standard InChI is InChI=1S/C17H17BrO3/c1-12(13-6-4-3-5-7-13)21-16-11-15(18)9-8-14(16)10-17(19)20-2/h3-9,11-12H,10H2,1-2H3/t12-/m1/s1. The van der Waals surface area contributed by atoms with Gasteiger partial charge in [0.1, 0.15) is 11.9 Å². The number of esters is 1. The highest BCUT2D eigenvalue weighted by molar-refractivity contribution is 9.10. The van der Waals surface area contributed by atoms with Crippen LogP contribution in [0.25, 0.3) is 0 Å². The van der Waals surface area contributed by atoms with Gasteiger partial charge in [-0.05, 0) is 24.6 Å². The molecule has 0 aliphatic heterocycles. The molecule has 0 aliphatic carbocycles. The van der Waals surface area contributed by atoms with Gasteiger partial charge in [0.15, 0.2) is 0 Å². The highest BCUT2D eigenvalue weighted by atomic mass is 79.9. The summed E-state index contributed by atoms with van der Waals surface area (Å²) >= 11 is 3.43. The summed E-state index contributed by atoms with van der Waals surface area (Å²) in [4.78, 5) is 11.5. The van der Waals surface area contributed by atoms with E-state index in [2.05, 4.69) is 15.9 Å². The van der Waals surface area contributed by atoms with Gasteiger partial charge >= 0.3 is 5.97 Å². The fraction of sp³-hybridized carbons (Fsp3) is 0.235. The minimum absolute atomic E-state index is 0.100. The smallest absolute Gasteiger partial charge is 0.310 e. The van der Waals surface area contributed by atoms with Gasteiger partial charge in [-0.25, -0.2) is 0 Å². The van der Waals surface area contributed by atoms with Crippen molar-refractivity contribution in [2.45, 2.75) is 19.4 Å². The molecule has 0 bridgehead atoms. The number of carbonyl (C=O) groups excluding carboxylic acids is 1. The number of rotatable bonds is 5. The maximum atomic E-state index is 11.5. The SMILES string of the molecule is COC(=O)Cc1ccc(Br)cc1O[C@H](C)c1ccccc1. The van der Waals surface area contributed by atoms with Crippen LogP contribution in [-0.2, 0) is 16.0 Å². The fourth-order valence-electron chi connectivity index (χ4n) is 1.99. The Morgan fingerprint density at radius 1 is 1.19 bits per heavy atom. The van der Waals surface area contributed by atoms with Gasteiger partial charge in [0.2, 0.25) is 0 Å². The number of halogens is 1. The maximum absolute atomic E-state index is 11.5. The van der Waals surface area contributed by atoms with Crippen LogP contribution in [0.15, 0.2) is 53.0 Å². The van der Waals surface area contributed by atoms with Crippen molar-refractivity contribution >= 4 is 21.9 Å². The van der Waals surface area contributed by atoms with Gasteiger partial charge in [0.25, 0.3) is 0 Å². The van der Waals surface area contributed by atoms with Crippen LogP contribution in [0.3, 0.4) is 0 Å². The van der Waals surface area contributed by atoms with Crippen molar-refractivity contribution in [3.8, 4) is 5.75 Å². The maximum Gasteiger partial charge on any atom is 0.310 e. The van der Waals surface area contributed by atoms with E-state index in [9.17, 15) is 4.79 Å². The van der Waals surface area contributed by atoms with Crippen molar-refractivity contribution in [2.24, 2.45) is 0 Å². The molecular weight excluding hydrogens is 332 g/mol. The van der Waals surface area contributed by atoms with E-state index in [1.54, 1.807) is 0 Å². The van der Waals surface area contributed by atoms with E-state index in [1.165, 1.54) is 7.11 Å². The molecule has 0 saturated carbocycles. The molecule has 2 aromatic carbocycles. The zero-order valence-electron chi connectivity index (χ0n) is 12.0.